The van der Waals surface area contributed by atoms with E-state index in [1.54, 1.807) is 0 Å². The monoisotopic (exact) mass is 298 g/mol. The Hall–Kier alpha value is -1.14. The largest absolute Gasteiger partial charge is 0.481 e. The van der Waals surface area contributed by atoms with E-state index in [-0.39, 0.29) is 12.3 Å². The molecule has 1 amide bonds. The zero-order chi connectivity index (χ0) is 15.1. The number of amides is 1. The molecule has 0 aromatic rings. The average molecular weight is 298 g/mol. The number of piperazine rings is 1. The lowest BCUT2D eigenvalue weighted by molar-refractivity contribution is -0.138. The van der Waals surface area contributed by atoms with Crippen LogP contribution in [0.2, 0.25) is 0 Å². The number of unbranched alkanes of at least 4 members (excludes halogenated alkanes) is 1. The highest BCUT2D eigenvalue weighted by Gasteiger charge is 2.24. The first-order valence-electron chi connectivity index (χ1n) is 7.98. The normalized spacial score (nSPS) is 23.4. The SMILES string of the molecule is O=C(O)CCCCC(=O)N1CCN(CC2CCCO2)CC1. The molecule has 21 heavy (non-hydrogen) atoms. The number of hydrogen-bond acceptors (Lipinski definition) is 4. The third-order valence-electron chi connectivity index (χ3n) is 4.24. The van der Waals surface area contributed by atoms with Crippen molar-refractivity contribution in [3.8, 4) is 0 Å². The van der Waals surface area contributed by atoms with Crippen molar-refractivity contribution in [2.45, 2.75) is 44.6 Å². The Morgan fingerprint density at radius 2 is 1.81 bits per heavy atom. The first kappa shape index (κ1) is 16.2. The summed E-state index contributed by atoms with van der Waals surface area (Å²) in [6, 6.07) is 0. The summed E-state index contributed by atoms with van der Waals surface area (Å²) in [6.45, 7) is 5.27. The molecule has 2 heterocycles. The molecular formula is C15H26N2O4. The molecule has 1 atom stereocenters. The molecule has 6 nitrogen and oxygen atoms in total. The standard InChI is InChI=1S/C15H26N2O4/c18-14(5-1-2-6-15(19)20)17-9-7-16(8-10-17)12-13-4-3-11-21-13/h13H,1-12H2,(H,19,20). The molecule has 1 unspecified atom stereocenters. The Balaban J connectivity index is 1.59. The van der Waals surface area contributed by atoms with Crippen LogP contribution in [0.1, 0.15) is 38.5 Å². The zero-order valence-electron chi connectivity index (χ0n) is 12.6. The van der Waals surface area contributed by atoms with Gasteiger partial charge in [-0.05, 0) is 25.7 Å². The van der Waals surface area contributed by atoms with E-state index in [4.69, 9.17) is 9.84 Å². The van der Waals surface area contributed by atoms with Crippen molar-refractivity contribution in [2.24, 2.45) is 0 Å². The summed E-state index contributed by atoms with van der Waals surface area (Å²) in [5.41, 5.74) is 0. The number of ether oxygens (including phenoxy) is 1. The predicted octanol–water partition coefficient (Wildman–Crippen LogP) is 0.955. The summed E-state index contributed by atoms with van der Waals surface area (Å²) in [5.74, 6) is -0.623. The van der Waals surface area contributed by atoms with Gasteiger partial charge in [0.1, 0.15) is 0 Å². The highest BCUT2D eigenvalue weighted by Crippen LogP contribution is 2.15. The Labute approximate surface area is 126 Å². The molecule has 2 saturated heterocycles. The van der Waals surface area contributed by atoms with Gasteiger partial charge in [-0.25, -0.2) is 0 Å². The number of carbonyl (C=O) groups excluding carboxylic acids is 1. The van der Waals surface area contributed by atoms with Crippen molar-refractivity contribution in [1.82, 2.24) is 9.80 Å². The van der Waals surface area contributed by atoms with Crippen LogP contribution >= 0.6 is 0 Å². The van der Waals surface area contributed by atoms with Gasteiger partial charge < -0.3 is 14.7 Å². The summed E-state index contributed by atoms with van der Waals surface area (Å²) >= 11 is 0. The fourth-order valence-electron chi connectivity index (χ4n) is 2.97. The maximum absolute atomic E-state index is 12.0. The van der Waals surface area contributed by atoms with Crippen LogP contribution in [0, 0.1) is 0 Å². The Kier molecular flexibility index (Phi) is 6.45. The smallest absolute Gasteiger partial charge is 0.303 e. The quantitative estimate of drug-likeness (QED) is 0.709. The van der Waals surface area contributed by atoms with E-state index in [9.17, 15) is 9.59 Å². The summed E-state index contributed by atoms with van der Waals surface area (Å²) in [6.07, 6.45) is 4.58. The maximum atomic E-state index is 12.0. The number of carboxylic acid groups (broad SMARTS) is 1. The van der Waals surface area contributed by atoms with Gasteiger partial charge in [-0.15, -0.1) is 0 Å². The van der Waals surface area contributed by atoms with Crippen LogP contribution in [0.15, 0.2) is 0 Å². The van der Waals surface area contributed by atoms with E-state index in [2.05, 4.69) is 4.90 Å². The molecule has 1 N–H and O–H groups in total. The van der Waals surface area contributed by atoms with Gasteiger partial charge in [0.25, 0.3) is 0 Å². The molecule has 0 bridgehead atoms. The first-order chi connectivity index (χ1) is 10.1. The van der Waals surface area contributed by atoms with Crippen LogP contribution in [0.5, 0.6) is 0 Å². The van der Waals surface area contributed by atoms with Crippen molar-refractivity contribution >= 4 is 11.9 Å². The number of hydrogen-bond donors (Lipinski definition) is 1. The van der Waals surface area contributed by atoms with Crippen LogP contribution in [0.3, 0.4) is 0 Å². The van der Waals surface area contributed by atoms with Gasteiger partial charge in [0, 0.05) is 52.2 Å². The molecule has 0 aromatic carbocycles. The second-order valence-electron chi connectivity index (χ2n) is 5.92. The number of nitrogens with zero attached hydrogens (tertiary/aromatic N) is 2. The molecule has 0 aromatic heterocycles. The summed E-state index contributed by atoms with van der Waals surface area (Å²) in [5, 5.41) is 8.56. The second-order valence-corrected chi connectivity index (χ2v) is 5.92. The first-order valence-corrected chi connectivity index (χ1v) is 7.98. The molecule has 0 spiro atoms. The van der Waals surface area contributed by atoms with Crippen LogP contribution in [0.4, 0.5) is 0 Å². The Morgan fingerprint density at radius 3 is 2.43 bits per heavy atom. The molecule has 6 heteroatoms. The summed E-state index contributed by atoms with van der Waals surface area (Å²) < 4.78 is 5.64. The van der Waals surface area contributed by atoms with Gasteiger partial charge in [-0.3, -0.25) is 14.5 Å². The van der Waals surface area contributed by atoms with E-state index >= 15 is 0 Å². The zero-order valence-corrected chi connectivity index (χ0v) is 12.6. The van der Waals surface area contributed by atoms with Gasteiger partial charge in [-0.1, -0.05) is 0 Å². The van der Waals surface area contributed by atoms with Gasteiger partial charge in [0.15, 0.2) is 0 Å². The van der Waals surface area contributed by atoms with E-state index in [1.807, 2.05) is 4.90 Å². The van der Waals surface area contributed by atoms with E-state index < -0.39 is 5.97 Å². The minimum Gasteiger partial charge on any atom is -0.481 e. The lowest BCUT2D eigenvalue weighted by Crippen LogP contribution is -2.50. The van der Waals surface area contributed by atoms with Crippen molar-refractivity contribution < 1.29 is 19.4 Å². The van der Waals surface area contributed by atoms with Crippen LogP contribution in [0.25, 0.3) is 0 Å². The molecule has 2 rings (SSSR count). The molecule has 2 aliphatic rings. The molecule has 0 aliphatic carbocycles. The van der Waals surface area contributed by atoms with Gasteiger partial charge in [-0.2, -0.15) is 0 Å². The van der Waals surface area contributed by atoms with Crippen molar-refractivity contribution in [3.63, 3.8) is 0 Å². The topological polar surface area (TPSA) is 70.1 Å². The third kappa shape index (κ3) is 5.63. The van der Waals surface area contributed by atoms with Gasteiger partial charge >= 0.3 is 5.97 Å². The minimum atomic E-state index is -0.787. The highest BCUT2D eigenvalue weighted by molar-refractivity contribution is 5.76. The third-order valence-corrected chi connectivity index (χ3v) is 4.24. The van der Waals surface area contributed by atoms with Gasteiger partial charge in [0.05, 0.1) is 6.10 Å². The fraction of sp³-hybridized carbons (Fsp3) is 0.867. The van der Waals surface area contributed by atoms with Crippen molar-refractivity contribution in [3.05, 3.63) is 0 Å². The number of carboxylic acids is 1. The average Bonchev–Trinajstić information content (AvgIpc) is 2.97. The number of aliphatic carboxylic acids is 1. The fourth-order valence-corrected chi connectivity index (χ4v) is 2.97. The van der Waals surface area contributed by atoms with Crippen molar-refractivity contribution in [2.75, 3.05) is 39.3 Å². The van der Waals surface area contributed by atoms with E-state index in [0.29, 0.717) is 25.4 Å². The van der Waals surface area contributed by atoms with E-state index in [1.165, 1.54) is 6.42 Å². The predicted molar refractivity (Wildman–Crippen MR) is 78.1 cm³/mol. The Morgan fingerprint density at radius 1 is 1.10 bits per heavy atom. The maximum Gasteiger partial charge on any atom is 0.303 e. The molecule has 0 radical (unpaired) electrons. The molecule has 120 valence electrons. The number of carbonyl (C=O) groups is 2. The van der Waals surface area contributed by atoms with Crippen LogP contribution in [-0.2, 0) is 14.3 Å². The molecular weight excluding hydrogens is 272 g/mol. The summed E-state index contributed by atoms with van der Waals surface area (Å²) in [7, 11) is 0. The van der Waals surface area contributed by atoms with Gasteiger partial charge in [0.2, 0.25) is 5.91 Å². The highest BCUT2D eigenvalue weighted by atomic mass is 16.5. The molecule has 2 aliphatic heterocycles. The second kappa shape index (κ2) is 8.34. The lowest BCUT2D eigenvalue weighted by Gasteiger charge is -2.35. The van der Waals surface area contributed by atoms with E-state index in [0.717, 1.165) is 45.8 Å². The summed E-state index contributed by atoms with van der Waals surface area (Å²) in [4.78, 5) is 26.7. The molecule has 2 fully saturated rings. The Bertz CT molecular complexity index is 348. The van der Waals surface area contributed by atoms with Crippen LogP contribution in [-0.4, -0.2) is 72.2 Å². The number of rotatable bonds is 7. The molecule has 0 saturated carbocycles. The van der Waals surface area contributed by atoms with Crippen molar-refractivity contribution in [1.29, 1.82) is 0 Å². The lowest BCUT2D eigenvalue weighted by atomic mass is 10.1. The minimum absolute atomic E-state index is 0.155. The van der Waals surface area contributed by atoms with Crippen LogP contribution < -0.4 is 0 Å².